The van der Waals surface area contributed by atoms with E-state index < -0.39 is 23.8 Å². The van der Waals surface area contributed by atoms with Crippen molar-refractivity contribution in [1.29, 1.82) is 0 Å². The van der Waals surface area contributed by atoms with E-state index in [9.17, 15) is 18.7 Å². The van der Waals surface area contributed by atoms with Gasteiger partial charge >= 0.3 is 0 Å². The van der Waals surface area contributed by atoms with Crippen LogP contribution in [0.15, 0.2) is 36.4 Å². The van der Waals surface area contributed by atoms with Crippen molar-refractivity contribution in [3.8, 4) is 5.75 Å². The molecule has 180 valence electrons. The standard InChI is InChI=1S/C25H33F2N3O3/c1-15(31)30-23(11-16-9-17(26)12-18(27)10-16)24(32)14-29-22-7-8-28-21-6-5-19(13-20(21)22)33-25(2,3)4/h5-6,9-10,12-13,22-24,28-29,32H,7-8,11,14H2,1-4H3,(H,30,31)/t22?,23-,24-/m0/s1. The fraction of sp³-hybridized carbons (Fsp3) is 0.480. The van der Waals surface area contributed by atoms with Crippen molar-refractivity contribution in [2.45, 2.75) is 64.3 Å². The van der Waals surface area contributed by atoms with Crippen molar-refractivity contribution in [1.82, 2.24) is 10.6 Å². The van der Waals surface area contributed by atoms with E-state index >= 15 is 0 Å². The molecule has 3 atom stereocenters. The highest BCUT2D eigenvalue weighted by atomic mass is 19.1. The third kappa shape index (κ3) is 7.40. The Hall–Kier alpha value is -2.71. The van der Waals surface area contributed by atoms with Gasteiger partial charge in [-0.05, 0) is 75.1 Å². The fourth-order valence-corrected chi connectivity index (χ4v) is 4.06. The highest BCUT2D eigenvalue weighted by molar-refractivity contribution is 5.73. The van der Waals surface area contributed by atoms with E-state index in [-0.39, 0.29) is 30.5 Å². The molecule has 4 N–H and O–H groups in total. The van der Waals surface area contributed by atoms with Gasteiger partial charge in [-0.3, -0.25) is 4.79 Å². The van der Waals surface area contributed by atoms with Gasteiger partial charge in [-0.15, -0.1) is 0 Å². The van der Waals surface area contributed by atoms with Gasteiger partial charge in [0.1, 0.15) is 23.0 Å². The molecule has 2 aromatic carbocycles. The number of halogens is 2. The molecule has 2 aromatic rings. The number of ether oxygens (including phenoxy) is 1. The largest absolute Gasteiger partial charge is 0.488 e. The molecule has 0 fully saturated rings. The molecular weight excluding hydrogens is 428 g/mol. The SMILES string of the molecule is CC(=O)N[C@@H](Cc1cc(F)cc(F)c1)[C@@H](O)CNC1CCNc2ccc(OC(C)(C)C)cc21. The number of fused-ring (bicyclic) bond motifs is 1. The van der Waals surface area contributed by atoms with E-state index in [1.165, 1.54) is 19.1 Å². The van der Waals surface area contributed by atoms with Gasteiger partial charge in [-0.25, -0.2) is 8.78 Å². The molecule has 1 aliphatic rings. The van der Waals surface area contributed by atoms with Crippen molar-refractivity contribution >= 4 is 11.6 Å². The van der Waals surface area contributed by atoms with Crippen LogP contribution < -0.4 is 20.7 Å². The lowest BCUT2D eigenvalue weighted by molar-refractivity contribution is -0.120. The summed E-state index contributed by atoms with van der Waals surface area (Å²) in [5.41, 5.74) is 2.08. The highest BCUT2D eigenvalue weighted by Crippen LogP contribution is 2.34. The number of aliphatic hydroxyl groups excluding tert-OH is 1. The molecule has 0 bridgehead atoms. The number of benzene rings is 2. The number of hydrogen-bond acceptors (Lipinski definition) is 5. The summed E-state index contributed by atoms with van der Waals surface area (Å²) in [6.45, 7) is 8.28. The maximum Gasteiger partial charge on any atom is 0.217 e. The summed E-state index contributed by atoms with van der Waals surface area (Å²) in [5, 5.41) is 20.3. The zero-order valence-corrected chi connectivity index (χ0v) is 19.5. The lowest BCUT2D eigenvalue weighted by Gasteiger charge is -2.31. The Morgan fingerprint density at radius 2 is 1.91 bits per heavy atom. The van der Waals surface area contributed by atoms with Gasteiger partial charge < -0.3 is 25.8 Å². The molecule has 8 heteroatoms. The number of hydrogen-bond donors (Lipinski definition) is 4. The van der Waals surface area contributed by atoms with Gasteiger partial charge in [-0.1, -0.05) is 0 Å². The maximum absolute atomic E-state index is 13.6. The molecule has 0 radical (unpaired) electrons. The first kappa shape index (κ1) is 24.9. The Bertz CT molecular complexity index is 958. The van der Waals surface area contributed by atoms with Crippen molar-refractivity contribution in [3.63, 3.8) is 0 Å². The minimum Gasteiger partial charge on any atom is -0.488 e. The average Bonchev–Trinajstić information content (AvgIpc) is 2.69. The third-order valence-electron chi connectivity index (χ3n) is 5.38. The van der Waals surface area contributed by atoms with Crippen LogP contribution in [0.2, 0.25) is 0 Å². The average molecular weight is 462 g/mol. The van der Waals surface area contributed by atoms with Crippen molar-refractivity contribution in [2.24, 2.45) is 0 Å². The highest BCUT2D eigenvalue weighted by Gasteiger charge is 2.26. The van der Waals surface area contributed by atoms with Crippen LogP contribution in [0, 0.1) is 11.6 Å². The number of rotatable bonds is 8. The van der Waals surface area contributed by atoms with Gasteiger partial charge in [0.25, 0.3) is 0 Å². The molecule has 1 heterocycles. The molecule has 1 unspecified atom stereocenters. The second kappa shape index (κ2) is 10.5. The Kier molecular flexibility index (Phi) is 7.92. The fourth-order valence-electron chi connectivity index (χ4n) is 4.06. The van der Waals surface area contributed by atoms with Crippen molar-refractivity contribution in [2.75, 3.05) is 18.4 Å². The number of carbonyl (C=O) groups is 1. The van der Waals surface area contributed by atoms with Gasteiger partial charge in [0.15, 0.2) is 0 Å². The molecule has 0 aromatic heterocycles. The second-order valence-electron chi connectivity index (χ2n) is 9.50. The van der Waals surface area contributed by atoms with Crippen LogP contribution in [0.5, 0.6) is 5.75 Å². The summed E-state index contributed by atoms with van der Waals surface area (Å²) in [6.07, 6.45) is -0.0604. The van der Waals surface area contributed by atoms with Crippen LogP contribution in [-0.2, 0) is 11.2 Å². The van der Waals surface area contributed by atoms with E-state index in [0.717, 1.165) is 36.0 Å². The molecule has 0 saturated heterocycles. The smallest absolute Gasteiger partial charge is 0.217 e. The number of amides is 1. The van der Waals surface area contributed by atoms with E-state index in [4.69, 9.17) is 4.74 Å². The summed E-state index contributed by atoms with van der Waals surface area (Å²) in [4.78, 5) is 11.7. The van der Waals surface area contributed by atoms with Crippen molar-refractivity contribution < 1.29 is 23.4 Å². The number of nitrogens with one attached hydrogen (secondary N) is 3. The first-order chi connectivity index (χ1) is 15.5. The first-order valence-electron chi connectivity index (χ1n) is 11.2. The van der Waals surface area contributed by atoms with E-state index in [1.54, 1.807) is 0 Å². The van der Waals surface area contributed by atoms with E-state index in [2.05, 4.69) is 16.0 Å². The number of anilines is 1. The normalized spacial score (nSPS) is 17.5. The molecular formula is C25H33F2N3O3. The number of aliphatic hydroxyl groups is 1. The summed E-state index contributed by atoms with van der Waals surface area (Å²) >= 11 is 0. The zero-order chi connectivity index (χ0) is 24.2. The summed E-state index contributed by atoms with van der Waals surface area (Å²) in [6, 6.07) is 8.39. The Labute approximate surface area is 193 Å². The summed E-state index contributed by atoms with van der Waals surface area (Å²) in [7, 11) is 0. The molecule has 3 rings (SSSR count). The van der Waals surface area contributed by atoms with Crippen LogP contribution in [0.4, 0.5) is 14.5 Å². The maximum atomic E-state index is 13.6. The van der Waals surface area contributed by atoms with Crippen LogP contribution in [0.3, 0.4) is 0 Å². The molecule has 1 amide bonds. The van der Waals surface area contributed by atoms with Crippen LogP contribution >= 0.6 is 0 Å². The van der Waals surface area contributed by atoms with Gasteiger partial charge in [0, 0.05) is 37.8 Å². The van der Waals surface area contributed by atoms with Crippen LogP contribution in [0.25, 0.3) is 0 Å². The molecule has 1 aliphatic heterocycles. The van der Waals surface area contributed by atoms with Gasteiger partial charge in [-0.2, -0.15) is 0 Å². The minimum atomic E-state index is -0.965. The van der Waals surface area contributed by atoms with Crippen LogP contribution in [-0.4, -0.2) is 41.9 Å². The Morgan fingerprint density at radius 3 is 2.55 bits per heavy atom. The first-order valence-corrected chi connectivity index (χ1v) is 11.2. The van der Waals surface area contributed by atoms with Gasteiger partial charge in [0.2, 0.25) is 5.91 Å². The topological polar surface area (TPSA) is 82.6 Å². The molecule has 33 heavy (non-hydrogen) atoms. The Morgan fingerprint density at radius 1 is 1.21 bits per heavy atom. The second-order valence-corrected chi connectivity index (χ2v) is 9.50. The van der Waals surface area contributed by atoms with Crippen molar-refractivity contribution in [3.05, 3.63) is 59.2 Å². The number of carbonyl (C=O) groups excluding carboxylic acids is 1. The molecule has 0 spiro atoms. The van der Waals surface area contributed by atoms with Gasteiger partial charge in [0.05, 0.1) is 12.1 Å². The lowest BCUT2D eigenvalue weighted by Crippen LogP contribution is -2.48. The third-order valence-corrected chi connectivity index (χ3v) is 5.38. The predicted molar refractivity (Wildman–Crippen MR) is 124 cm³/mol. The summed E-state index contributed by atoms with van der Waals surface area (Å²) in [5.74, 6) is -0.953. The monoisotopic (exact) mass is 461 g/mol. The zero-order valence-electron chi connectivity index (χ0n) is 19.5. The minimum absolute atomic E-state index is 0.0241. The Balaban J connectivity index is 1.70. The predicted octanol–water partition coefficient (Wildman–Crippen LogP) is 3.70. The van der Waals surface area contributed by atoms with E-state index in [0.29, 0.717) is 5.56 Å². The summed E-state index contributed by atoms with van der Waals surface area (Å²) < 4.78 is 33.2. The van der Waals surface area contributed by atoms with Crippen LogP contribution in [0.1, 0.15) is 51.3 Å². The molecule has 0 aliphatic carbocycles. The lowest BCUT2D eigenvalue weighted by atomic mass is 9.96. The van der Waals surface area contributed by atoms with E-state index in [1.807, 2.05) is 39.0 Å². The molecule has 0 saturated carbocycles. The molecule has 6 nitrogen and oxygen atoms in total. The quantitative estimate of drug-likeness (QED) is 0.482.